The van der Waals surface area contributed by atoms with Crippen molar-refractivity contribution in [2.75, 3.05) is 31.6 Å². The topological polar surface area (TPSA) is 41.0 Å². The van der Waals surface area contributed by atoms with Gasteiger partial charge < -0.3 is 10.2 Å². The average molecular weight is 241 g/mol. The highest BCUT2D eigenvalue weighted by Gasteiger charge is 2.15. The number of nitrogens with zero attached hydrogens (tertiary/aromatic N) is 3. The number of nitrogens with one attached hydrogen (secondary N) is 1. The number of anilines is 1. The summed E-state index contributed by atoms with van der Waals surface area (Å²) in [5.41, 5.74) is 0. The van der Waals surface area contributed by atoms with Gasteiger partial charge in [-0.05, 0) is 31.8 Å². The van der Waals surface area contributed by atoms with Crippen molar-refractivity contribution >= 4 is 17.4 Å². The van der Waals surface area contributed by atoms with Crippen LogP contribution in [0.25, 0.3) is 0 Å². The zero-order valence-electron chi connectivity index (χ0n) is 9.49. The fourth-order valence-electron chi connectivity index (χ4n) is 2.09. The standard InChI is InChI=1S/C11H17ClN4/c1-16(7-9-3-2-4-13-6-9)11-5-10(12)14-8-15-11/h5,8-9,13H,2-4,6-7H2,1H3/t9-/m0/s1. The lowest BCUT2D eigenvalue weighted by atomic mass is 9.99. The summed E-state index contributed by atoms with van der Waals surface area (Å²) < 4.78 is 0. The first kappa shape index (κ1) is 11.6. The van der Waals surface area contributed by atoms with Crippen LogP contribution < -0.4 is 10.2 Å². The molecule has 1 aromatic rings. The molecule has 0 aliphatic carbocycles. The number of piperidine rings is 1. The van der Waals surface area contributed by atoms with Crippen LogP contribution in [-0.2, 0) is 0 Å². The van der Waals surface area contributed by atoms with Crippen LogP contribution in [0.1, 0.15) is 12.8 Å². The Kier molecular flexibility index (Phi) is 3.96. The number of halogens is 1. The van der Waals surface area contributed by atoms with Gasteiger partial charge >= 0.3 is 0 Å². The number of aromatic nitrogens is 2. The summed E-state index contributed by atoms with van der Waals surface area (Å²) in [4.78, 5) is 10.2. The third-order valence-electron chi connectivity index (χ3n) is 2.94. The molecule has 0 spiro atoms. The van der Waals surface area contributed by atoms with E-state index in [2.05, 4.69) is 20.2 Å². The Hall–Kier alpha value is -0.870. The molecular weight excluding hydrogens is 224 g/mol. The molecular formula is C11H17ClN4. The molecule has 1 aliphatic rings. The Morgan fingerprint density at radius 2 is 2.44 bits per heavy atom. The van der Waals surface area contributed by atoms with E-state index in [4.69, 9.17) is 11.6 Å². The van der Waals surface area contributed by atoms with Crippen LogP contribution in [0, 0.1) is 5.92 Å². The van der Waals surface area contributed by atoms with Crippen molar-refractivity contribution in [1.82, 2.24) is 15.3 Å². The molecule has 2 rings (SSSR count). The van der Waals surface area contributed by atoms with Gasteiger partial charge in [-0.3, -0.25) is 0 Å². The monoisotopic (exact) mass is 240 g/mol. The predicted octanol–water partition coefficient (Wildman–Crippen LogP) is 1.57. The van der Waals surface area contributed by atoms with Crippen LogP contribution in [0.15, 0.2) is 12.4 Å². The maximum Gasteiger partial charge on any atom is 0.134 e. The molecule has 0 radical (unpaired) electrons. The minimum absolute atomic E-state index is 0.499. The van der Waals surface area contributed by atoms with Gasteiger partial charge in [0, 0.05) is 19.7 Å². The second-order valence-electron chi connectivity index (χ2n) is 4.29. The van der Waals surface area contributed by atoms with E-state index in [1.165, 1.54) is 19.2 Å². The maximum absolute atomic E-state index is 5.84. The van der Waals surface area contributed by atoms with Crippen molar-refractivity contribution < 1.29 is 0 Å². The van der Waals surface area contributed by atoms with Crippen molar-refractivity contribution in [3.05, 3.63) is 17.5 Å². The Labute approximate surface area is 101 Å². The SMILES string of the molecule is CN(C[C@H]1CCCNC1)c1cc(Cl)ncn1. The molecule has 1 saturated heterocycles. The molecule has 88 valence electrons. The van der Waals surface area contributed by atoms with Gasteiger partial charge in [0.1, 0.15) is 17.3 Å². The van der Waals surface area contributed by atoms with Crippen molar-refractivity contribution in [3.63, 3.8) is 0 Å². The Balaban J connectivity index is 1.94. The fourth-order valence-corrected chi connectivity index (χ4v) is 2.23. The normalized spacial score (nSPS) is 20.8. The first-order valence-electron chi connectivity index (χ1n) is 5.65. The molecule has 0 unspecified atom stereocenters. The molecule has 2 heterocycles. The molecule has 0 amide bonds. The van der Waals surface area contributed by atoms with Gasteiger partial charge in [-0.2, -0.15) is 0 Å². The smallest absolute Gasteiger partial charge is 0.134 e. The predicted molar refractivity (Wildman–Crippen MR) is 65.9 cm³/mol. The molecule has 1 aromatic heterocycles. The largest absolute Gasteiger partial charge is 0.359 e. The summed E-state index contributed by atoms with van der Waals surface area (Å²) in [5.74, 6) is 1.60. The van der Waals surface area contributed by atoms with E-state index in [0.717, 1.165) is 25.5 Å². The van der Waals surface area contributed by atoms with Gasteiger partial charge in [-0.1, -0.05) is 11.6 Å². The molecule has 1 fully saturated rings. The zero-order chi connectivity index (χ0) is 11.4. The van der Waals surface area contributed by atoms with Gasteiger partial charge in [0.15, 0.2) is 0 Å². The lowest BCUT2D eigenvalue weighted by Crippen LogP contribution is -2.37. The molecule has 0 bridgehead atoms. The molecule has 0 saturated carbocycles. The highest BCUT2D eigenvalue weighted by atomic mass is 35.5. The van der Waals surface area contributed by atoms with Crippen LogP contribution in [0.2, 0.25) is 5.15 Å². The minimum Gasteiger partial charge on any atom is -0.359 e. The number of hydrogen-bond donors (Lipinski definition) is 1. The molecule has 5 heteroatoms. The maximum atomic E-state index is 5.84. The number of hydrogen-bond acceptors (Lipinski definition) is 4. The van der Waals surface area contributed by atoms with E-state index in [1.807, 2.05) is 7.05 Å². The van der Waals surface area contributed by atoms with Crippen LogP contribution in [-0.4, -0.2) is 36.6 Å². The quantitative estimate of drug-likeness (QED) is 0.815. The van der Waals surface area contributed by atoms with E-state index >= 15 is 0 Å². The highest BCUT2D eigenvalue weighted by molar-refractivity contribution is 6.29. The van der Waals surface area contributed by atoms with Crippen molar-refractivity contribution in [3.8, 4) is 0 Å². The lowest BCUT2D eigenvalue weighted by Gasteiger charge is -2.28. The van der Waals surface area contributed by atoms with Crippen molar-refractivity contribution in [2.45, 2.75) is 12.8 Å². The fraction of sp³-hybridized carbons (Fsp3) is 0.636. The highest BCUT2D eigenvalue weighted by Crippen LogP contribution is 2.17. The molecule has 16 heavy (non-hydrogen) atoms. The van der Waals surface area contributed by atoms with E-state index in [-0.39, 0.29) is 0 Å². The number of rotatable bonds is 3. The first-order chi connectivity index (χ1) is 7.75. The third kappa shape index (κ3) is 3.06. The molecule has 1 atom stereocenters. The molecule has 4 nitrogen and oxygen atoms in total. The van der Waals surface area contributed by atoms with Gasteiger partial charge in [0.2, 0.25) is 0 Å². The second-order valence-corrected chi connectivity index (χ2v) is 4.68. The Morgan fingerprint density at radius 1 is 1.56 bits per heavy atom. The summed E-state index contributed by atoms with van der Waals surface area (Å²) in [6.45, 7) is 3.27. The Bertz CT molecular complexity index is 339. The summed E-state index contributed by atoms with van der Waals surface area (Å²) in [5, 5.41) is 3.92. The van der Waals surface area contributed by atoms with Gasteiger partial charge in [-0.25, -0.2) is 9.97 Å². The minimum atomic E-state index is 0.499. The van der Waals surface area contributed by atoms with E-state index < -0.39 is 0 Å². The molecule has 1 N–H and O–H groups in total. The van der Waals surface area contributed by atoms with Crippen LogP contribution in [0.3, 0.4) is 0 Å². The van der Waals surface area contributed by atoms with Crippen molar-refractivity contribution in [2.24, 2.45) is 5.92 Å². The van der Waals surface area contributed by atoms with Gasteiger partial charge in [0.25, 0.3) is 0 Å². The van der Waals surface area contributed by atoms with Crippen molar-refractivity contribution in [1.29, 1.82) is 0 Å². The average Bonchev–Trinajstić information content (AvgIpc) is 2.30. The summed E-state index contributed by atoms with van der Waals surface area (Å²) >= 11 is 5.84. The summed E-state index contributed by atoms with van der Waals surface area (Å²) in [6.07, 6.45) is 4.06. The second kappa shape index (κ2) is 5.46. The third-order valence-corrected chi connectivity index (χ3v) is 3.15. The Morgan fingerprint density at radius 3 is 3.12 bits per heavy atom. The van der Waals surface area contributed by atoms with Crippen LogP contribution in [0.4, 0.5) is 5.82 Å². The summed E-state index contributed by atoms with van der Waals surface area (Å²) in [6, 6.07) is 1.80. The lowest BCUT2D eigenvalue weighted by molar-refractivity contribution is 0.380. The van der Waals surface area contributed by atoms with E-state index in [1.54, 1.807) is 6.07 Å². The zero-order valence-corrected chi connectivity index (χ0v) is 10.2. The first-order valence-corrected chi connectivity index (χ1v) is 6.03. The van der Waals surface area contributed by atoms with E-state index in [9.17, 15) is 0 Å². The van der Waals surface area contributed by atoms with Gasteiger partial charge in [0.05, 0.1) is 0 Å². The molecule has 1 aliphatic heterocycles. The van der Waals surface area contributed by atoms with Gasteiger partial charge in [-0.15, -0.1) is 0 Å². The van der Waals surface area contributed by atoms with Crippen LogP contribution >= 0.6 is 11.6 Å². The van der Waals surface area contributed by atoms with Crippen LogP contribution in [0.5, 0.6) is 0 Å². The summed E-state index contributed by atoms with van der Waals surface area (Å²) in [7, 11) is 2.05. The molecule has 0 aromatic carbocycles. The van der Waals surface area contributed by atoms with E-state index in [0.29, 0.717) is 11.1 Å².